The van der Waals surface area contributed by atoms with E-state index in [2.05, 4.69) is 24.7 Å². The van der Waals surface area contributed by atoms with Crippen LogP contribution in [0.15, 0.2) is 28.0 Å². The van der Waals surface area contributed by atoms with Crippen LogP contribution in [0, 0.1) is 0 Å². The Bertz CT molecular complexity index is 956. The first-order valence-electron chi connectivity index (χ1n) is 9.46. The molecular formula is C18H25N7O3. The van der Waals surface area contributed by atoms with Crippen molar-refractivity contribution in [3.05, 3.63) is 39.3 Å². The van der Waals surface area contributed by atoms with E-state index < -0.39 is 0 Å². The van der Waals surface area contributed by atoms with Crippen molar-refractivity contribution in [1.82, 2.24) is 19.1 Å². The maximum absolute atomic E-state index is 12.2. The molecule has 0 aromatic carbocycles. The lowest BCUT2D eigenvalue weighted by molar-refractivity contribution is 0.122. The molecule has 0 spiro atoms. The van der Waals surface area contributed by atoms with E-state index in [1.807, 2.05) is 6.07 Å². The van der Waals surface area contributed by atoms with E-state index in [1.54, 1.807) is 13.4 Å². The first-order valence-corrected chi connectivity index (χ1v) is 9.46. The predicted octanol–water partition coefficient (Wildman–Crippen LogP) is -0.963. The molecule has 4 rings (SSSR count). The lowest BCUT2D eigenvalue weighted by Gasteiger charge is -2.37. The summed E-state index contributed by atoms with van der Waals surface area (Å²) in [5.41, 5.74) is -0.595. The monoisotopic (exact) mass is 387 g/mol. The Hall–Kier alpha value is -2.88. The van der Waals surface area contributed by atoms with E-state index in [0.717, 1.165) is 42.4 Å². The number of morpholine rings is 1. The van der Waals surface area contributed by atoms with E-state index in [9.17, 15) is 9.59 Å². The van der Waals surface area contributed by atoms with Gasteiger partial charge in [-0.3, -0.25) is 13.9 Å². The van der Waals surface area contributed by atoms with Gasteiger partial charge in [0.05, 0.1) is 13.2 Å². The van der Waals surface area contributed by atoms with Crippen molar-refractivity contribution in [2.45, 2.75) is 0 Å². The fourth-order valence-electron chi connectivity index (χ4n) is 3.66. The molecular weight excluding hydrogens is 362 g/mol. The van der Waals surface area contributed by atoms with Crippen LogP contribution in [0.4, 0.5) is 17.5 Å². The molecule has 0 N–H and O–H groups in total. The SMILES string of the molecule is Cn1c(N2CCN(c3cc(N4CCOCC4)ncn3)CC2)cc(=O)n(C)c1=O. The highest BCUT2D eigenvalue weighted by molar-refractivity contribution is 5.52. The Morgan fingerprint density at radius 1 is 0.786 bits per heavy atom. The fourth-order valence-corrected chi connectivity index (χ4v) is 3.66. The lowest BCUT2D eigenvalue weighted by atomic mass is 10.3. The van der Waals surface area contributed by atoms with Crippen LogP contribution in [0.5, 0.6) is 0 Å². The number of aromatic nitrogens is 4. The molecule has 4 heterocycles. The van der Waals surface area contributed by atoms with Crippen molar-refractivity contribution < 1.29 is 4.74 Å². The molecule has 2 saturated heterocycles. The van der Waals surface area contributed by atoms with Crippen LogP contribution in [0.1, 0.15) is 0 Å². The summed E-state index contributed by atoms with van der Waals surface area (Å²) in [5.74, 6) is 2.48. The van der Waals surface area contributed by atoms with Gasteiger partial charge in [-0.2, -0.15) is 0 Å². The van der Waals surface area contributed by atoms with Gasteiger partial charge in [0.2, 0.25) is 0 Å². The molecule has 0 saturated carbocycles. The molecule has 2 aliphatic heterocycles. The quantitative estimate of drug-likeness (QED) is 0.665. The average molecular weight is 387 g/mol. The minimum absolute atomic E-state index is 0.286. The highest BCUT2D eigenvalue weighted by Crippen LogP contribution is 2.21. The summed E-state index contributed by atoms with van der Waals surface area (Å²) in [7, 11) is 3.19. The average Bonchev–Trinajstić information content (AvgIpc) is 2.76. The summed E-state index contributed by atoms with van der Waals surface area (Å²) in [6.07, 6.45) is 1.61. The van der Waals surface area contributed by atoms with E-state index >= 15 is 0 Å². The Morgan fingerprint density at radius 3 is 2.00 bits per heavy atom. The van der Waals surface area contributed by atoms with Crippen molar-refractivity contribution in [3.8, 4) is 0 Å². The number of hydrogen-bond donors (Lipinski definition) is 0. The van der Waals surface area contributed by atoms with Crippen LogP contribution in [0.3, 0.4) is 0 Å². The van der Waals surface area contributed by atoms with E-state index in [0.29, 0.717) is 32.1 Å². The molecule has 150 valence electrons. The van der Waals surface area contributed by atoms with Gasteiger partial charge in [0.15, 0.2) is 0 Å². The molecule has 28 heavy (non-hydrogen) atoms. The standard InChI is InChI=1S/C18H25N7O3/c1-21-16(12-17(26)22(2)18(21)27)25-5-3-23(4-6-25)14-11-15(20-13-19-14)24-7-9-28-10-8-24/h11-13H,3-10H2,1-2H3. The van der Waals surface area contributed by atoms with Crippen LogP contribution < -0.4 is 25.9 Å². The van der Waals surface area contributed by atoms with Crippen molar-refractivity contribution >= 4 is 17.5 Å². The second-order valence-corrected chi connectivity index (χ2v) is 7.05. The van der Waals surface area contributed by atoms with Gasteiger partial charge < -0.3 is 19.4 Å². The first-order chi connectivity index (χ1) is 13.5. The Morgan fingerprint density at radius 2 is 1.36 bits per heavy atom. The summed E-state index contributed by atoms with van der Waals surface area (Å²) in [4.78, 5) is 39.5. The molecule has 10 heteroatoms. The Kier molecular flexibility index (Phi) is 5.03. The van der Waals surface area contributed by atoms with Gasteiger partial charge in [0, 0.05) is 65.5 Å². The molecule has 2 aromatic heterocycles. The van der Waals surface area contributed by atoms with E-state index in [1.165, 1.54) is 17.7 Å². The molecule has 2 aliphatic rings. The van der Waals surface area contributed by atoms with Gasteiger partial charge in [0.1, 0.15) is 23.8 Å². The highest BCUT2D eigenvalue weighted by Gasteiger charge is 2.22. The van der Waals surface area contributed by atoms with E-state index in [-0.39, 0.29) is 11.2 Å². The van der Waals surface area contributed by atoms with Crippen molar-refractivity contribution in [2.24, 2.45) is 14.1 Å². The van der Waals surface area contributed by atoms with Crippen LogP contribution in [-0.2, 0) is 18.8 Å². The molecule has 0 atom stereocenters. The van der Waals surface area contributed by atoms with Gasteiger partial charge >= 0.3 is 5.69 Å². The third-order valence-electron chi connectivity index (χ3n) is 5.40. The molecule has 0 unspecified atom stereocenters. The van der Waals surface area contributed by atoms with Crippen molar-refractivity contribution in [1.29, 1.82) is 0 Å². The van der Waals surface area contributed by atoms with E-state index in [4.69, 9.17) is 4.74 Å². The number of hydrogen-bond acceptors (Lipinski definition) is 8. The summed E-state index contributed by atoms with van der Waals surface area (Å²) in [5, 5.41) is 0. The third kappa shape index (κ3) is 3.47. The number of nitrogens with zero attached hydrogens (tertiary/aromatic N) is 7. The normalized spacial score (nSPS) is 17.9. The minimum atomic E-state index is -0.309. The number of anilines is 3. The molecule has 0 radical (unpaired) electrons. The zero-order valence-electron chi connectivity index (χ0n) is 16.2. The summed E-state index contributed by atoms with van der Waals surface area (Å²) < 4.78 is 8.05. The topological polar surface area (TPSA) is 88.7 Å². The van der Waals surface area contributed by atoms with Gasteiger partial charge in [-0.05, 0) is 0 Å². The Labute approximate surface area is 162 Å². The highest BCUT2D eigenvalue weighted by atomic mass is 16.5. The van der Waals surface area contributed by atoms with Gasteiger partial charge in [0.25, 0.3) is 5.56 Å². The van der Waals surface area contributed by atoms with Crippen LogP contribution in [0.2, 0.25) is 0 Å². The van der Waals surface area contributed by atoms with Crippen molar-refractivity contribution in [2.75, 3.05) is 67.2 Å². The third-order valence-corrected chi connectivity index (χ3v) is 5.40. The number of piperazine rings is 1. The maximum atomic E-state index is 12.2. The minimum Gasteiger partial charge on any atom is -0.378 e. The van der Waals surface area contributed by atoms with Crippen molar-refractivity contribution in [3.63, 3.8) is 0 Å². The fraction of sp³-hybridized carbons (Fsp3) is 0.556. The zero-order chi connectivity index (χ0) is 19.7. The van der Waals surface area contributed by atoms with Gasteiger partial charge in [-0.25, -0.2) is 14.8 Å². The van der Waals surface area contributed by atoms with Crippen LogP contribution in [0.25, 0.3) is 0 Å². The molecule has 10 nitrogen and oxygen atoms in total. The second-order valence-electron chi connectivity index (χ2n) is 7.05. The first kappa shape index (κ1) is 18.5. The zero-order valence-corrected chi connectivity index (χ0v) is 16.2. The summed E-state index contributed by atoms with van der Waals surface area (Å²) >= 11 is 0. The van der Waals surface area contributed by atoms with Crippen LogP contribution >= 0.6 is 0 Å². The van der Waals surface area contributed by atoms with Gasteiger partial charge in [-0.1, -0.05) is 0 Å². The molecule has 0 aliphatic carbocycles. The molecule has 0 bridgehead atoms. The number of ether oxygens (including phenoxy) is 1. The predicted molar refractivity (Wildman–Crippen MR) is 106 cm³/mol. The molecule has 2 aromatic rings. The summed E-state index contributed by atoms with van der Waals surface area (Å²) in [6.45, 7) is 6.02. The van der Waals surface area contributed by atoms with Gasteiger partial charge in [-0.15, -0.1) is 0 Å². The number of rotatable bonds is 3. The largest absolute Gasteiger partial charge is 0.378 e. The maximum Gasteiger partial charge on any atom is 0.332 e. The lowest BCUT2D eigenvalue weighted by Crippen LogP contribution is -2.49. The second kappa shape index (κ2) is 7.63. The Balaban J connectivity index is 1.48. The molecule has 0 amide bonds. The van der Waals surface area contributed by atoms with Crippen LogP contribution in [-0.4, -0.2) is 71.6 Å². The molecule has 2 fully saturated rings. The summed E-state index contributed by atoms with van der Waals surface area (Å²) in [6, 6.07) is 3.55. The smallest absolute Gasteiger partial charge is 0.332 e.